The number of esters is 3. The molecule has 3 unspecified atom stereocenters. The second-order valence-electron chi connectivity index (χ2n) is 19.0. The van der Waals surface area contributed by atoms with Crippen molar-refractivity contribution in [2.45, 2.75) is 226 Å². The third-order valence-corrected chi connectivity index (χ3v) is 12.7. The van der Waals surface area contributed by atoms with Gasteiger partial charge in [0, 0.05) is 19.3 Å². The molecule has 0 aliphatic rings. The molecule has 0 saturated heterocycles. The van der Waals surface area contributed by atoms with E-state index in [-0.39, 0.29) is 25.9 Å². The highest BCUT2D eigenvalue weighted by Crippen LogP contribution is 2.43. The van der Waals surface area contributed by atoms with E-state index in [1.165, 1.54) is 19.3 Å². The van der Waals surface area contributed by atoms with E-state index in [0.29, 0.717) is 25.7 Å². The van der Waals surface area contributed by atoms with Gasteiger partial charge in [-0.15, -0.1) is 0 Å². The van der Waals surface area contributed by atoms with Crippen molar-refractivity contribution < 1.29 is 52.2 Å². The molecule has 0 spiro atoms. The molecule has 0 aliphatic heterocycles. The molecule has 440 valence electrons. The van der Waals surface area contributed by atoms with E-state index in [2.05, 4.69) is 154 Å². The lowest BCUT2D eigenvalue weighted by molar-refractivity contribution is -0.161. The topological polar surface area (TPSA) is 155 Å². The Hall–Kier alpha value is -4.64. The summed E-state index contributed by atoms with van der Waals surface area (Å²) in [5.41, 5.74) is 0. The summed E-state index contributed by atoms with van der Waals surface area (Å²) in [5.74, 6) is -1.60. The first-order valence-electron chi connectivity index (χ1n) is 29.7. The monoisotopic (exact) mass is 1100 g/mol. The van der Waals surface area contributed by atoms with Gasteiger partial charge in [-0.25, -0.2) is 4.57 Å². The molecule has 12 heteroatoms. The molecule has 0 bridgehead atoms. The average Bonchev–Trinajstić information content (AvgIpc) is 3.43. The molecule has 0 radical (unpaired) electrons. The maximum Gasteiger partial charge on any atom is 0.472 e. The first-order valence-corrected chi connectivity index (χ1v) is 31.2. The van der Waals surface area contributed by atoms with Crippen LogP contribution >= 0.6 is 7.82 Å². The molecule has 78 heavy (non-hydrogen) atoms. The molecule has 11 nitrogen and oxygen atoms in total. The average molecular weight is 1110 g/mol. The highest BCUT2D eigenvalue weighted by Gasteiger charge is 2.28. The molecule has 2 N–H and O–H groups in total. The largest absolute Gasteiger partial charge is 0.472 e. The highest BCUT2D eigenvalue weighted by atomic mass is 31.2. The van der Waals surface area contributed by atoms with Gasteiger partial charge in [0.1, 0.15) is 12.7 Å². The van der Waals surface area contributed by atoms with E-state index in [1.807, 2.05) is 12.2 Å². The van der Waals surface area contributed by atoms with Gasteiger partial charge in [0.25, 0.3) is 0 Å². The van der Waals surface area contributed by atoms with Crippen molar-refractivity contribution in [2.75, 3.05) is 26.4 Å². The number of unbranched alkanes of at least 4 members (excludes halogenated alkanes) is 12. The summed E-state index contributed by atoms with van der Waals surface area (Å²) >= 11 is 0. The number of phosphoric acid groups is 1. The van der Waals surface area contributed by atoms with Crippen LogP contribution in [0.5, 0.6) is 0 Å². The summed E-state index contributed by atoms with van der Waals surface area (Å²) in [7, 11) is -4.79. The zero-order chi connectivity index (χ0) is 56.9. The Morgan fingerprint density at radius 3 is 1.09 bits per heavy atom. The van der Waals surface area contributed by atoms with Gasteiger partial charge in [-0.2, -0.15) is 0 Å². The second kappa shape index (κ2) is 58.5. The van der Waals surface area contributed by atoms with Crippen LogP contribution in [0.4, 0.5) is 0 Å². The summed E-state index contributed by atoms with van der Waals surface area (Å²) in [5, 5.41) is 9.82. The number of ether oxygens (including phenoxy) is 3. The molecule has 0 saturated carbocycles. The Bertz CT molecular complexity index is 1860. The van der Waals surface area contributed by atoms with Crippen LogP contribution in [0.2, 0.25) is 0 Å². The molecule has 0 rings (SSSR count). The van der Waals surface area contributed by atoms with Crippen LogP contribution in [0.3, 0.4) is 0 Å². The number of allylic oxidation sites excluding steroid dienone is 24. The minimum absolute atomic E-state index is 0.0870. The first-order chi connectivity index (χ1) is 38.2. The van der Waals surface area contributed by atoms with Crippen LogP contribution in [0.25, 0.3) is 0 Å². The summed E-state index contributed by atoms with van der Waals surface area (Å²) in [4.78, 5) is 48.6. The zero-order valence-electron chi connectivity index (χ0n) is 48.6. The fourth-order valence-electron chi connectivity index (χ4n) is 7.27. The van der Waals surface area contributed by atoms with Crippen LogP contribution in [0, 0.1) is 0 Å². The molecular weight excluding hydrogens is 1000 g/mol. The number of aliphatic hydroxyl groups excluding tert-OH is 1. The number of phosphoric ester groups is 1. The van der Waals surface area contributed by atoms with E-state index in [1.54, 1.807) is 0 Å². The van der Waals surface area contributed by atoms with Gasteiger partial charge in [-0.05, 0) is 135 Å². The normalized spacial score (nSPS) is 14.4. The van der Waals surface area contributed by atoms with Gasteiger partial charge in [-0.1, -0.05) is 205 Å². The third kappa shape index (κ3) is 56.1. The summed E-state index contributed by atoms with van der Waals surface area (Å²) in [6.07, 6.45) is 75.2. The molecule has 0 aromatic rings. The van der Waals surface area contributed by atoms with Crippen molar-refractivity contribution in [3.05, 3.63) is 146 Å². The Morgan fingerprint density at radius 1 is 0.372 bits per heavy atom. The number of hydrogen-bond acceptors (Lipinski definition) is 10. The van der Waals surface area contributed by atoms with E-state index < -0.39 is 57.8 Å². The maximum atomic E-state index is 12.9. The minimum Gasteiger partial charge on any atom is -0.462 e. The van der Waals surface area contributed by atoms with Gasteiger partial charge in [0.05, 0.1) is 19.8 Å². The van der Waals surface area contributed by atoms with Crippen LogP contribution in [0.15, 0.2) is 146 Å². The zero-order valence-corrected chi connectivity index (χ0v) is 49.5. The van der Waals surface area contributed by atoms with E-state index >= 15 is 0 Å². The molecule has 0 aromatic carbocycles. The van der Waals surface area contributed by atoms with Gasteiger partial charge in [0.2, 0.25) is 0 Å². The van der Waals surface area contributed by atoms with Crippen molar-refractivity contribution in [1.82, 2.24) is 0 Å². The lowest BCUT2D eigenvalue weighted by atomic mass is 10.1. The summed E-state index contributed by atoms with van der Waals surface area (Å²) in [6.45, 7) is 4.25. The van der Waals surface area contributed by atoms with Gasteiger partial charge < -0.3 is 24.2 Å². The SMILES string of the molecule is CC/C=C\C/C=C\C/C=C\C/C=C\C/C=C\CCCCCC(=O)OC(COC(=O)CCCCCCC/C=C\C/C=C\CCCCC)COP(=O)(O)OCC(CO)OC(=O)CCC/C=C\C/C=C\C/C=C\C/C=C\C/C=C\CC. The lowest BCUT2D eigenvalue weighted by Gasteiger charge is -2.21. The lowest BCUT2D eigenvalue weighted by Crippen LogP contribution is -2.30. The second-order valence-corrected chi connectivity index (χ2v) is 20.5. The predicted molar refractivity (Wildman–Crippen MR) is 325 cm³/mol. The molecule has 0 heterocycles. The number of carbonyl (C=O) groups excluding carboxylic acids is 3. The van der Waals surface area contributed by atoms with Crippen LogP contribution in [-0.4, -0.2) is 66.5 Å². The molecule has 0 amide bonds. The van der Waals surface area contributed by atoms with Crippen LogP contribution in [-0.2, 0) is 42.2 Å². The van der Waals surface area contributed by atoms with Crippen molar-refractivity contribution >= 4 is 25.7 Å². The molecule has 0 aliphatic carbocycles. The Balaban J connectivity index is 4.88. The molecule has 3 atom stereocenters. The smallest absolute Gasteiger partial charge is 0.462 e. The highest BCUT2D eigenvalue weighted by molar-refractivity contribution is 7.47. The van der Waals surface area contributed by atoms with Crippen molar-refractivity contribution in [3.63, 3.8) is 0 Å². The third-order valence-electron chi connectivity index (χ3n) is 11.7. The Kier molecular flexibility index (Phi) is 55.0. The van der Waals surface area contributed by atoms with Crippen LogP contribution < -0.4 is 0 Å². The first kappa shape index (κ1) is 73.4. The summed E-state index contributed by atoms with van der Waals surface area (Å²) < 4.78 is 39.5. The number of rotatable bonds is 53. The maximum absolute atomic E-state index is 12.9. The molecule has 0 fully saturated rings. The van der Waals surface area contributed by atoms with Crippen molar-refractivity contribution in [2.24, 2.45) is 0 Å². The summed E-state index contributed by atoms with van der Waals surface area (Å²) in [6, 6.07) is 0. The van der Waals surface area contributed by atoms with E-state index in [9.17, 15) is 28.9 Å². The molecule has 0 aromatic heterocycles. The fraction of sp³-hybridized carbons (Fsp3) is 0.591. The standard InChI is InChI=1S/C66H105O11P/c1-4-7-10-13-16-19-22-25-28-30-31-33-36-39-42-45-48-51-54-57-66(70)77-63(59-73-64(68)55-52-49-46-43-40-37-34-27-24-21-18-15-12-9-6-3)61-75-78(71,72)74-60-62(58-67)76-65(69)56-53-50-47-44-41-38-35-32-29-26-23-20-17-14-11-8-5-2/h7-8,10-11,16-21,25-29,31,33-35,38-39,42,44,47,62-63,67H,4-6,9,12-15,22-24,30,32,36-37,40-41,43,45-46,48-61H2,1-3H3,(H,71,72)/b10-7-,11-8-,19-16-,20-17-,21-18-,28-25-,29-26-,33-31-,34-27-,38-35-,42-39-,47-44-. The quantitative estimate of drug-likeness (QED) is 0.0197. The van der Waals surface area contributed by atoms with Crippen molar-refractivity contribution in [1.29, 1.82) is 0 Å². The number of hydrogen-bond donors (Lipinski definition) is 2. The predicted octanol–water partition coefficient (Wildman–Crippen LogP) is 17.9. The van der Waals surface area contributed by atoms with Gasteiger partial charge in [0.15, 0.2) is 6.10 Å². The van der Waals surface area contributed by atoms with E-state index in [4.69, 9.17) is 23.3 Å². The molecular formula is C66H105O11P. The number of carbonyl (C=O) groups is 3. The number of aliphatic hydroxyl groups is 1. The minimum atomic E-state index is -4.79. The van der Waals surface area contributed by atoms with Gasteiger partial charge >= 0.3 is 25.7 Å². The Morgan fingerprint density at radius 2 is 0.679 bits per heavy atom. The fourth-order valence-corrected chi connectivity index (χ4v) is 8.05. The van der Waals surface area contributed by atoms with Crippen LogP contribution in [0.1, 0.15) is 213 Å². The Labute approximate surface area is 473 Å². The van der Waals surface area contributed by atoms with Crippen molar-refractivity contribution in [3.8, 4) is 0 Å². The van der Waals surface area contributed by atoms with E-state index in [0.717, 1.165) is 128 Å². The van der Waals surface area contributed by atoms with Gasteiger partial charge in [-0.3, -0.25) is 23.4 Å².